The average molecular weight is 831 g/mol. The van der Waals surface area contributed by atoms with Gasteiger partial charge < -0.3 is 18.6 Å². The minimum Gasteiger partial charge on any atom is -0.456 e. The van der Waals surface area contributed by atoms with E-state index in [0.29, 0.717) is 0 Å². The van der Waals surface area contributed by atoms with Crippen LogP contribution in [-0.2, 0) is 5.41 Å². The summed E-state index contributed by atoms with van der Waals surface area (Å²) in [6, 6.07) is 83.2. The molecule has 0 aliphatic heterocycles. The molecule has 65 heavy (non-hydrogen) atoms. The molecular weight excluding hydrogens is 793 g/mol. The fourth-order valence-corrected chi connectivity index (χ4v) is 11.3. The van der Waals surface area contributed by atoms with Crippen LogP contribution < -0.4 is 9.80 Å². The topological polar surface area (TPSA) is 32.8 Å². The first kappa shape index (κ1) is 35.9. The number of furan rings is 2. The van der Waals surface area contributed by atoms with Crippen molar-refractivity contribution in [2.24, 2.45) is 0 Å². The Bertz CT molecular complexity index is 3870. The molecule has 0 radical (unpaired) electrons. The molecule has 4 heteroatoms. The fraction of sp³-hybridized carbons (Fsp3) is 0.0164. The van der Waals surface area contributed by atoms with Crippen molar-refractivity contribution in [3.05, 3.63) is 253 Å². The standard InChI is InChI=1S/C61H38N2O2/c1-3-18-39(19-4-1)62(53-31-17-35-57-59(53)47-25-10-14-34-56(47)64-57)41-36-37-43-42-22-7-11-27-48(42)61(51(43)38-41)49-28-12-8-24-46(49)58-50(61)29-16-30-52(58)63(40-20-5-2-6-21-40)54-32-15-26-45-44-23-9-13-33-55(44)65-60(45)54/h1-38H. The summed E-state index contributed by atoms with van der Waals surface area (Å²) in [5.41, 5.74) is 19.2. The van der Waals surface area contributed by atoms with Gasteiger partial charge in [0.2, 0.25) is 0 Å². The highest BCUT2D eigenvalue weighted by molar-refractivity contribution is 6.14. The van der Waals surface area contributed by atoms with Crippen LogP contribution in [0.3, 0.4) is 0 Å². The number of hydrogen-bond donors (Lipinski definition) is 0. The van der Waals surface area contributed by atoms with Gasteiger partial charge in [0.25, 0.3) is 0 Å². The maximum absolute atomic E-state index is 6.78. The molecule has 0 saturated heterocycles. The SMILES string of the molecule is c1ccc(N(c2cccc3c2-c2ccccc2C32c3ccccc3-c3ccc(N(c4ccccc4)c4cccc5oc6ccccc6c45)cc32)c2cccc3c2oc2ccccc23)cc1. The Labute approximate surface area is 375 Å². The highest BCUT2D eigenvalue weighted by Crippen LogP contribution is 2.65. The van der Waals surface area contributed by atoms with E-state index in [1.165, 1.54) is 44.5 Å². The lowest BCUT2D eigenvalue weighted by Gasteiger charge is -2.33. The van der Waals surface area contributed by atoms with Crippen molar-refractivity contribution < 1.29 is 8.83 Å². The van der Waals surface area contributed by atoms with Crippen molar-refractivity contribution in [1.29, 1.82) is 0 Å². The Morgan fingerprint density at radius 1 is 0.308 bits per heavy atom. The summed E-state index contributed by atoms with van der Waals surface area (Å²) in [7, 11) is 0. The van der Waals surface area contributed by atoms with Gasteiger partial charge >= 0.3 is 0 Å². The monoisotopic (exact) mass is 830 g/mol. The van der Waals surface area contributed by atoms with E-state index in [1.807, 2.05) is 12.1 Å². The van der Waals surface area contributed by atoms with Crippen molar-refractivity contribution in [2.75, 3.05) is 9.80 Å². The predicted molar refractivity (Wildman–Crippen MR) is 267 cm³/mol. The highest BCUT2D eigenvalue weighted by Gasteiger charge is 2.52. The molecule has 0 bridgehead atoms. The van der Waals surface area contributed by atoms with Gasteiger partial charge in [0.05, 0.1) is 27.9 Å². The van der Waals surface area contributed by atoms with Gasteiger partial charge in [0.1, 0.15) is 16.7 Å². The lowest BCUT2D eigenvalue weighted by atomic mass is 9.70. The van der Waals surface area contributed by atoms with Crippen LogP contribution in [0.2, 0.25) is 0 Å². The van der Waals surface area contributed by atoms with E-state index in [9.17, 15) is 0 Å². The Hall–Kier alpha value is -8.60. The van der Waals surface area contributed by atoms with Crippen molar-refractivity contribution >= 4 is 78.0 Å². The van der Waals surface area contributed by atoms with E-state index in [0.717, 1.165) is 78.0 Å². The van der Waals surface area contributed by atoms with Gasteiger partial charge in [0, 0.05) is 38.8 Å². The van der Waals surface area contributed by atoms with Crippen LogP contribution in [0.5, 0.6) is 0 Å². The second kappa shape index (κ2) is 13.7. The second-order valence-electron chi connectivity index (χ2n) is 17.1. The predicted octanol–water partition coefficient (Wildman–Crippen LogP) is 16.8. The molecule has 304 valence electrons. The van der Waals surface area contributed by atoms with Crippen molar-refractivity contribution in [3.8, 4) is 22.3 Å². The number of nitrogens with zero attached hydrogens (tertiary/aromatic N) is 2. The van der Waals surface area contributed by atoms with Crippen LogP contribution in [0.25, 0.3) is 66.1 Å². The van der Waals surface area contributed by atoms with Crippen molar-refractivity contribution in [1.82, 2.24) is 0 Å². The Kier molecular flexibility index (Phi) is 7.57. The molecule has 0 saturated carbocycles. The maximum atomic E-state index is 6.78. The van der Waals surface area contributed by atoms with Crippen molar-refractivity contribution in [3.63, 3.8) is 0 Å². The third-order valence-corrected chi connectivity index (χ3v) is 13.8. The summed E-state index contributed by atoms with van der Waals surface area (Å²) in [6.07, 6.45) is 0. The molecule has 10 aromatic carbocycles. The first-order valence-corrected chi connectivity index (χ1v) is 22.3. The van der Waals surface area contributed by atoms with Gasteiger partial charge in [-0.15, -0.1) is 0 Å². The summed E-state index contributed by atoms with van der Waals surface area (Å²) < 4.78 is 13.3. The molecule has 14 rings (SSSR count). The Balaban J connectivity index is 1.05. The second-order valence-corrected chi connectivity index (χ2v) is 17.1. The van der Waals surface area contributed by atoms with Gasteiger partial charge in [-0.1, -0.05) is 158 Å². The molecule has 0 N–H and O–H groups in total. The zero-order chi connectivity index (χ0) is 42.6. The minimum absolute atomic E-state index is 0.617. The molecule has 2 aliphatic rings. The van der Waals surface area contributed by atoms with Gasteiger partial charge in [-0.2, -0.15) is 0 Å². The molecular formula is C61H38N2O2. The van der Waals surface area contributed by atoms with Crippen LogP contribution in [0, 0.1) is 0 Å². The first-order valence-electron chi connectivity index (χ1n) is 22.3. The molecule has 1 spiro atoms. The van der Waals surface area contributed by atoms with Gasteiger partial charge in [-0.3, -0.25) is 0 Å². The lowest BCUT2D eigenvalue weighted by Crippen LogP contribution is -2.26. The summed E-state index contributed by atoms with van der Waals surface area (Å²) in [6.45, 7) is 0. The number of anilines is 6. The zero-order valence-electron chi connectivity index (χ0n) is 35.2. The number of benzene rings is 10. The molecule has 2 aliphatic carbocycles. The quantitative estimate of drug-likeness (QED) is 0.167. The fourth-order valence-electron chi connectivity index (χ4n) is 11.3. The normalized spacial score (nSPS) is 14.5. The average Bonchev–Trinajstić information content (AvgIpc) is 4.11. The summed E-state index contributed by atoms with van der Waals surface area (Å²) in [4.78, 5) is 4.81. The summed E-state index contributed by atoms with van der Waals surface area (Å²) in [5, 5.41) is 4.39. The van der Waals surface area contributed by atoms with Crippen LogP contribution in [0.15, 0.2) is 239 Å². The van der Waals surface area contributed by atoms with E-state index < -0.39 is 5.41 Å². The van der Waals surface area contributed by atoms with E-state index >= 15 is 0 Å². The minimum atomic E-state index is -0.617. The summed E-state index contributed by atoms with van der Waals surface area (Å²) >= 11 is 0. The Morgan fingerprint density at radius 2 is 0.846 bits per heavy atom. The van der Waals surface area contributed by atoms with Crippen LogP contribution >= 0.6 is 0 Å². The molecule has 0 amide bonds. The van der Waals surface area contributed by atoms with E-state index in [-0.39, 0.29) is 0 Å². The van der Waals surface area contributed by atoms with Gasteiger partial charge in [0.15, 0.2) is 5.58 Å². The van der Waals surface area contributed by atoms with E-state index in [1.54, 1.807) is 0 Å². The summed E-state index contributed by atoms with van der Waals surface area (Å²) in [5.74, 6) is 0. The number of rotatable bonds is 6. The van der Waals surface area contributed by atoms with E-state index in [2.05, 4.69) is 228 Å². The van der Waals surface area contributed by atoms with Crippen LogP contribution in [0.4, 0.5) is 34.1 Å². The maximum Gasteiger partial charge on any atom is 0.159 e. The molecule has 12 aromatic rings. The highest BCUT2D eigenvalue weighted by atomic mass is 16.3. The largest absolute Gasteiger partial charge is 0.456 e. The number of para-hydroxylation sites is 5. The molecule has 0 fully saturated rings. The Morgan fingerprint density at radius 3 is 1.65 bits per heavy atom. The zero-order valence-corrected chi connectivity index (χ0v) is 35.2. The van der Waals surface area contributed by atoms with Gasteiger partial charge in [-0.25, -0.2) is 0 Å². The number of hydrogen-bond acceptors (Lipinski definition) is 4. The van der Waals surface area contributed by atoms with Crippen LogP contribution in [-0.4, -0.2) is 0 Å². The molecule has 1 atom stereocenters. The van der Waals surface area contributed by atoms with Crippen molar-refractivity contribution in [2.45, 2.75) is 5.41 Å². The smallest absolute Gasteiger partial charge is 0.159 e. The third kappa shape index (κ3) is 4.96. The van der Waals surface area contributed by atoms with Crippen LogP contribution in [0.1, 0.15) is 22.3 Å². The lowest BCUT2D eigenvalue weighted by molar-refractivity contribution is 0.668. The molecule has 2 aromatic heterocycles. The molecule has 1 unspecified atom stereocenters. The first-order chi connectivity index (χ1) is 32.3. The van der Waals surface area contributed by atoms with Gasteiger partial charge in [-0.05, 0) is 112 Å². The number of fused-ring (bicyclic) bond motifs is 16. The molecule has 4 nitrogen and oxygen atoms in total. The third-order valence-electron chi connectivity index (χ3n) is 13.8. The molecule has 2 heterocycles. The van der Waals surface area contributed by atoms with E-state index in [4.69, 9.17) is 8.83 Å².